The summed E-state index contributed by atoms with van der Waals surface area (Å²) in [7, 11) is 0. The van der Waals surface area contributed by atoms with Crippen LogP contribution in [0.3, 0.4) is 0 Å². The molecule has 0 N–H and O–H groups in total. The van der Waals surface area contributed by atoms with Gasteiger partial charge in [-0.25, -0.2) is 0 Å². The topological polar surface area (TPSA) is 20.3 Å². The molecule has 248 valence electrons. The van der Waals surface area contributed by atoms with Crippen molar-refractivity contribution in [2.24, 2.45) is 11.3 Å². The maximum Gasteiger partial charge on any atom is 0.254 e. The first-order valence-electron chi connectivity index (χ1n) is 17.5. The number of carbonyl (C=O) groups is 1. The standard InChI is InChI=1S/C16H23NO.C13H12.C8H18.C7H8/c1-12-6-5-7-13(2)14(12)15(18)17-10-8-16(3,4)9-11-17;1-11-7-9-13(10-8-11)12-5-3-2-4-6-12;1-4-6-8(3)7-5-2;1-7-5-3-2-4-6-7/h5-7H,8-11H2,1-4H3;2-10H,1H3;8H,4-7H2,1-3H3;2-6H,1H3. The number of amides is 1. The number of rotatable bonds is 6. The molecule has 1 aliphatic heterocycles. The maximum absolute atomic E-state index is 12.6. The molecule has 0 bridgehead atoms. The summed E-state index contributed by atoms with van der Waals surface area (Å²) in [5.74, 6) is 1.17. The van der Waals surface area contributed by atoms with Gasteiger partial charge in [0.1, 0.15) is 0 Å². The van der Waals surface area contributed by atoms with Crippen LogP contribution in [-0.4, -0.2) is 23.9 Å². The van der Waals surface area contributed by atoms with Crippen LogP contribution in [0, 0.1) is 39.0 Å². The average Bonchev–Trinajstić information content (AvgIpc) is 3.03. The summed E-state index contributed by atoms with van der Waals surface area (Å²) < 4.78 is 0. The number of hydrogen-bond donors (Lipinski definition) is 0. The Labute approximate surface area is 282 Å². The fraction of sp³-hybridized carbons (Fsp3) is 0.432. The van der Waals surface area contributed by atoms with Crippen LogP contribution < -0.4 is 0 Å². The number of carbonyl (C=O) groups excluding carboxylic acids is 1. The molecule has 0 saturated carbocycles. The maximum atomic E-state index is 12.6. The molecule has 0 radical (unpaired) electrons. The summed E-state index contributed by atoms with van der Waals surface area (Å²) in [5, 5.41) is 0. The van der Waals surface area contributed by atoms with Gasteiger partial charge in [0.2, 0.25) is 0 Å². The molecule has 5 rings (SSSR count). The van der Waals surface area contributed by atoms with E-state index in [1.807, 2.05) is 61.2 Å². The molecule has 4 aromatic rings. The molecule has 1 amide bonds. The Balaban J connectivity index is 0.000000230. The van der Waals surface area contributed by atoms with Crippen LogP contribution in [0.1, 0.15) is 106 Å². The van der Waals surface area contributed by atoms with Crippen molar-refractivity contribution in [1.29, 1.82) is 0 Å². The minimum absolute atomic E-state index is 0.209. The first kappa shape index (κ1) is 38.5. The van der Waals surface area contributed by atoms with Crippen molar-refractivity contribution < 1.29 is 4.79 Å². The Kier molecular flexibility index (Phi) is 17.1. The molecule has 0 unspecified atom stereocenters. The Bertz CT molecular complexity index is 1350. The molecule has 0 aromatic heterocycles. The highest BCUT2D eigenvalue weighted by atomic mass is 16.2. The van der Waals surface area contributed by atoms with Crippen molar-refractivity contribution in [3.8, 4) is 11.1 Å². The fourth-order valence-electron chi connectivity index (χ4n) is 5.67. The minimum atomic E-state index is 0.209. The number of benzene rings is 4. The van der Waals surface area contributed by atoms with Gasteiger partial charge in [-0.1, -0.05) is 175 Å². The third-order valence-corrected chi connectivity index (χ3v) is 8.76. The molecule has 0 spiro atoms. The van der Waals surface area contributed by atoms with Crippen LogP contribution >= 0.6 is 0 Å². The van der Waals surface area contributed by atoms with Gasteiger partial charge in [0.25, 0.3) is 5.91 Å². The summed E-state index contributed by atoms with van der Waals surface area (Å²) in [6.07, 6.45) is 7.72. The van der Waals surface area contributed by atoms with Crippen molar-refractivity contribution >= 4 is 5.91 Å². The second-order valence-electron chi connectivity index (χ2n) is 13.8. The number of likely N-dealkylation sites (tertiary alicyclic amines) is 1. The summed E-state index contributed by atoms with van der Waals surface area (Å²) in [6.45, 7) is 21.4. The highest BCUT2D eigenvalue weighted by molar-refractivity contribution is 5.97. The van der Waals surface area contributed by atoms with E-state index in [0.717, 1.165) is 48.5 Å². The molecule has 0 atom stereocenters. The summed E-state index contributed by atoms with van der Waals surface area (Å²) in [4.78, 5) is 14.6. The number of nitrogens with zero attached hydrogens (tertiary/aromatic N) is 1. The zero-order valence-corrected chi connectivity index (χ0v) is 30.4. The minimum Gasteiger partial charge on any atom is -0.339 e. The van der Waals surface area contributed by atoms with Crippen molar-refractivity contribution in [3.63, 3.8) is 0 Å². The Morgan fingerprint density at radius 1 is 0.630 bits per heavy atom. The molecule has 4 aromatic carbocycles. The second-order valence-corrected chi connectivity index (χ2v) is 13.8. The smallest absolute Gasteiger partial charge is 0.254 e. The molecule has 1 aliphatic rings. The predicted octanol–water partition coefficient (Wildman–Crippen LogP) is 12.4. The predicted molar refractivity (Wildman–Crippen MR) is 202 cm³/mol. The van der Waals surface area contributed by atoms with E-state index in [4.69, 9.17) is 0 Å². The molecular weight excluding hydrogens is 558 g/mol. The molecule has 1 saturated heterocycles. The van der Waals surface area contributed by atoms with Gasteiger partial charge < -0.3 is 4.90 Å². The largest absolute Gasteiger partial charge is 0.339 e. The van der Waals surface area contributed by atoms with Crippen molar-refractivity contribution in [1.82, 2.24) is 4.90 Å². The average molecular weight is 620 g/mol. The van der Waals surface area contributed by atoms with E-state index in [0.29, 0.717) is 5.41 Å². The van der Waals surface area contributed by atoms with Gasteiger partial charge >= 0.3 is 0 Å². The zero-order valence-electron chi connectivity index (χ0n) is 30.4. The van der Waals surface area contributed by atoms with Gasteiger partial charge in [-0.05, 0) is 74.1 Å². The van der Waals surface area contributed by atoms with Gasteiger partial charge in [0.05, 0.1) is 0 Å². The Morgan fingerprint density at radius 2 is 1.07 bits per heavy atom. The van der Waals surface area contributed by atoms with Crippen molar-refractivity contribution in [2.45, 2.75) is 101 Å². The summed E-state index contributed by atoms with van der Waals surface area (Å²) in [5.41, 5.74) is 8.65. The van der Waals surface area contributed by atoms with E-state index < -0.39 is 0 Å². The van der Waals surface area contributed by atoms with Crippen molar-refractivity contribution in [3.05, 3.63) is 131 Å². The molecular formula is C44H61NO. The SMILES string of the molecule is CCCC(C)CCC.Cc1ccc(-c2ccccc2)cc1.Cc1cccc(C)c1C(=O)N1CCC(C)(C)CC1.Cc1ccccc1. The van der Waals surface area contributed by atoms with Crippen molar-refractivity contribution in [2.75, 3.05) is 13.1 Å². The first-order chi connectivity index (χ1) is 22.0. The van der Waals surface area contributed by atoms with Gasteiger partial charge in [-0.3, -0.25) is 4.79 Å². The highest BCUT2D eigenvalue weighted by Crippen LogP contribution is 2.31. The Hall–Kier alpha value is -3.65. The van der Waals surface area contributed by atoms with Gasteiger partial charge in [0, 0.05) is 18.7 Å². The fourth-order valence-corrected chi connectivity index (χ4v) is 5.67. The van der Waals surface area contributed by atoms with E-state index in [1.54, 1.807) is 0 Å². The molecule has 0 aliphatic carbocycles. The third kappa shape index (κ3) is 14.2. The third-order valence-electron chi connectivity index (χ3n) is 8.76. The lowest BCUT2D eigenvalue weighted by atomic mass is 9.82. The van der Waals surface area contributed by atoms with E-state index in [9.17, 15) is 4.79 Å². The number of aryl methyl sites for hydroxylation is 4. The monoisotopic (exact) mass is 619 g/mol. The van der Waals surface area contributed by atoms with Crippen LogP contribution in [0.5, 0.6) is 0 Å². The van der Waals surface area contributed by atoms with Crippen LogP contribution in [-0.2, 0) is 0 Å². The Morgan fingerprint density at radius 3 is 1.50 bits per heavy atom. The second kappa shape index (κ2) is 20.5. The van der Waals surface area contributed by atoms with Crippen LogP contribution in [0.4, 0.5) is 0 Å². The highest BCUT2D eigenvalue weighted by Gasteiger charge is 2.29. The molecule has 2 nitrogen and oxygen atoms in total. The zero-order chi connectivity index (χ0) is 34.0. The normalized spacial score (nSPS) is 13.3. The quantitative estimate of drug-likeness (QED) is 0.210. The molecule has 2 heteroatoms. The lowest BCUT2D eigenvalue weighted by Gasteiger charge is -2.37. The summed E-state index contributed by atoms with van der Waals surface area (Å²) >= 11 is 0. The molecule has 1 heterocycles. The summed E-state index contributed by atoms with van der Waals surface area (Å²) in [6, 6.07) is 35.3. The lowest BCUT2D eigenvalue weighted by Crippen LogP contribution is -2.41. The van der Waals surface area contributed by atoms with E-state index in [2.05, 4.69) is 109 Å². The lowest BCUT2D eigenvalue weighted by molar-refractivity contribution is 0.0629. The number of piperidine rings is 1. The number of hydrogen-bond acceptors (Lipinski definition) is 1. The first-order valence-corrected chi connectivity index (χ1v) is 17.5. The van der Waals surface area contributed by atoms with Crippen LogP contribution in [0.15, 0.2) is 103 Å². The van der Waals surface area contributed by atoms with E-state index in [1.165, 1.54) is 47.9 Å². The van der Waals surface area contributed by atoms with Gasteiger partial charge in [-0.15, -0.1) is 0 Å². The van der Waals surface area contributed by atoms with Gasteiger partial charge in [-0.2, -0.15) is 0 Å². The van der Waals surface area contributed by atoms with E-state index in [-0.39, 0.29) is 5.91 Å². The van der Waals surface area contributed by atoms with Crippen LogP contribution in [0.25, 0.3) is 11.1 Å². The van der Waals surface area contributed by atoms with Gasteiger partial charge in [0.15, 0.2) is 0 Å². The molecule has 1 fully saturated rings. The molecule has 46 heavy (non-hydrogen) atoms. The van der Waals surface area contributed by atoms with Crippen LogP contribution in [0.2, 0.25) is 0 Å². The van der Waals surface area contributed by atoms with E-state index >= 15 is 0 Å².